The van der Waals surface area contributed by atoms with Gasteiger partial charge in [0, 0.05) is 11.5 Å². The van der Waals surface area contributed by atoms with Gasteiger partial charge in [0.2, 0.25) is 0 Å². The highest BCUT2D eigenvalue weighted by Gasteiger charge is 2.29. The Labute approximate surface area is 106 Å². The van der Waals surface area contributed by atoms with Crippen molar-refractivity contribution >= 4 is 17.9 Å². The number of methoxy groups -OCH3 is 1. The molecule has 0 unspecified atom stereocenters. The van der Waals surface area contributed by atoms with E-state index in [4.69, 9.17) is 10.5 Å². The molecule has 0 amide bonds. The Hall–Kier alpha value is -1.91. The van der Waals surface area contributed by atoms with E-state index in [9.17, 15) is 4.79 Å². The van der Waals surface area contributed by atoms with E-state index in [1.165, 1.54) is 7.11 Å². The number of carbonyl (C=O) groups excluding carboxylic acids is 1. The number of nitrogens with zero attached hydrogens (tertiary/aromatic N) is 2. The van der Waals surface area contributed by atoms with Crippen LogP contribution >= 0.6 is 0 Å². The lowest BCUT2D eigenvalue weighted by Gasteiger charge is -2.09. The summed E-state index contributed by atoms with van der Waals surface area (Å²) < 4.78 is 4.75. The molecule has 1 saturated carbocycles. The first kappa shape index (κ1) is 12.5. The standard InChI is InChI=1S/C13H17N3O2/c1-7(2)6-9-10(13(17)18-3)15-12(8-4-5-8)16-11(9)14/h6,8H,4-5H2,1-3H3,(H2,14,15,16). The predicted octanol–water partition coefficient (Wildman–Crippen LogP) is 2.15. The molecule has 0 aromatic carbocycles. The number of hydrogen-bond donors (Lipinski definition) is 1. The zero-order valence-electron chi connectivity index (χ0n) is 10.9. The van der Waals surface area contributed by atoms with Crippen molar-refractivity contribution in [1.29, 1.82) is 0 Å². The smallest absolute Gasteiger partial charge is 0.357 e. The summed E-state index contributed by atoms with van der Waals surface area (Å²) in [5.41, 5.74) is 7.75. The first-order chi connectivity index (χ1) is 8.52. The van der Waals surface area contributed by atoms with Gasteiger partial charge in [0.15, 0.2) is 5.69 Å². The Kier molecular flexibility index (Phi) is 3.32. The SMILES string of the molecule is COC(=O)c1nc(C2CC2)nc(N)c1C=C(C)C. The van der Waals surface area contributed by atoms with Gasteiger partial charge in [-0.15, -0.1) is 0 Å². The molecule has 1 aliphatic carbocycles. The molecule has 0 radical (unpaired) electrons. The number of carbonyl (C=O) groups is 1. The van der Waals surface area contributed by atoms with Crippen molar-refractivity contribution in [3.63, 3.8) is 0 Å². The van der Waals surface area contributed by atoms with Crippen LogP contribution in [0, 0.1) is 0 Å². The third-order valence-corrected chi connectivity index (χ3v) is 2.75. The number of nitrogen functional groups attached to an aromatic ring is 1. The average molecular weight is 247 g/mol. The van der Waals surface area contributed by atoms with Crippen molar-refractivity contribution in [3.8, 4) is 0 Å². The summed E-state index contributed by atoms with van der Waals surface area (Å²) in [4.78, 5) is 20.4. The molecule has 96 valence electrons. The number of rotatable bonds is 3. The molecule has 1 aliphatic rings. The molecule has 1 aromatic rings. The summed E-state index contributed by atoms with van der Waals surface area (Å²) in [7, 11) is 1.34. The first-order valence-electron chi connectivity index (χ1n) is 5.93. The molecule has 5 nitrogen and oxygen atoms in total. The van der Waals surface area contributed by atoms with E-state index < -0.39 is 5.97 Å². The van der Waals surface area contributed by atoms with Crippen molar-refractivity contribution in [2.24, 2.45) is 0 Å². The molecule has 1 fully saturated rings. The van der Waals surface area contributed by atoms with Gasteiger partial charge in [0.05, 0.1) is 7.11 Å². The van der Waals surface area contributed by atoms with Crippen LogP contribution in [0.25, 0.3) is 6.08 Å². The zero-order chi connectivity index (χ0) is 13.3. The van der Waals surface area contributed by atoms with Crippen LogP contribution in [0.5, 0.6) is 0 Å². The fourth-order valence-electron chi connectivity index (χ4n) is 1.71. The maximum atomic E-state index is 11.8. The van der Waals surface area contributed by atoms with Gasteiger partial charge < -0.3 is 10.5 Å². The van der Waals surface area contributed by atoms with E-state index in [0.29, 0.717) is 23.1 Å². The molecule has 0 atom stereocenters. The van der Waals surface area contributed by atoms with E-state index in [1.54, 1.807) is 6.08 Å². The quantitative estimate of drug-likeness (QED) is 0.828. The average Bonchev–Trinajstić information content (AvgIpc) is 3.14. The number of allylic oxidation sites excluding steroid dienone is 1. The number of aromatic nitrogens is 2. The third-order valence-electron chi connectivity index (χ3n) is 2.75. The largest absolute Gasteiger partial charge is 0.464 e. The third kappa shape index (κ3) is 2.50. The fraction of sp³-hybridized carbons (Fsp3) is 0.462. The van der Waals surface area contributed by atoms with E-state index in [-0.39, 0.29) is 5.69 Å². The molecule has 0 saturated heterocycles. The van der Waals surface area contributed by atoms with Crippen LogP contribution < -0.4 is 5.73 Å². The van der Waals surface area contributed by atoms with E-state index in [0.717, 1.165) is 18.4 Å². The monoisotopic (exact) mass is 247 g/mol. The summed E-state index contributed by atoms with van der Waals surface area (Å²) in [5, 5.41) is 0. The van der Waals surface area contributed by atoms with Crippen LogP contribution in [0.1, 0.15) is 54.5 Å². The molecule has 1 heterocycles. The molecule has 2 rings (SSSR count). The maximum Gasteiger partial charge on any atom is 0.357 e. The molecule has 1 aromatic heterocycles. The van der Waals surface area contributed by atoms with Gasteiger partial charge in [-0.2, -0.15) is 0 Å². The van der Waals surface area contributed by atoms with Gasteiger partial charge in [-0.3, -0.25) is 0 Å². The van der Waals surface area contributed by atoms with Crippen molar-refractivity contribution in [3.05, 3.63) is 22.7 Å². The molecule has 2 N–H and O–H groups in total. The minimum atomic E-state index is -0.474. The summed E-state index contributed by atoms with van der Waals surface area (Å²) in [6.07, 6.45) is 3.92. The highest BCUT2D eigenvalue weighted by Crippen LogP contribution is 2.39. The molecule has 18 heavy (non-hydrogen) atoms. The highest BCUT2D eigenvalue weighted by atomic mass is 16.5. The van der Waals surface area contributed by atoms with Crippen molar-refractivity contribution < 1.29 is 9.53 Å². The van der Waals surface area contributed by atoms with E-state index in [1.807, 2.05) is 13.8 Å². The van der Waals surface area contributed by atoms with Crippen LogP contribution in [0.15, 0.2) is 5.57 Å². The molecule has 0 spiro atoms. The number of ether oxygens (including phenoxy) is 1. The van der Waals surface area contributed by atoms with Crippen LogP contribution in [0.2, 0.25) is 0 Å². The molecule has 0 bridgehead atoms. The summed E-state index contributed by atoms with van der Waals surface area (Å²) in [5.74, 6) is 0.863. The Morgan fingerprint density at radius 2 is 2.06 bits per heavy atom. The van der Waals surface area contributed by atoms with Gasteiger partial charge in [-0.1, -0.05) is 11.6 Å². The van der Waals surface area contributed by atoms with E-state index in [2.05, 4.69) is 9.97 Å². The van der Waals surface area contributed by atoms with Gasteiger partial charge >= 0.3 is 5.97 Å². The minimum Gasteiger partial charge on any atom is -0.464 e. The summed E-state index contributed by atoms with van der Waals surface area (Å²) >= 11 is 0. The normalized spacial score (nSPS) is 14.2. The molecule has 0 aliphatic heterocycles. The van der Waals surface area contributed by atoms with Crippen molar-refractivity contribution in [2.75, 3.05) is 12.8 Å². The number of anilines is 1. The Balaban J connectivity index is 2.55. The minimum absolute atomic E-state index is 0.258. The Morgan fingerprint density at radius 3 is 2.56 bits per heavy atom. The van der Waals surface area contributed by atoms with Crippen LogP contribution in [-0.4, -0.2) is 23.0 Å². The van der Waals surface area contributed by atoms with Gasteiger partial charge in [0.25, 0.3) is 0 Å². The lowest BCUT2D eigenvalue weighted by Crippen LogP contribution is -2.13. The van der Waals surface area contributed by atoms with Crippen LogP contribution in [-0.2, 0) is 4.74 Å². The second kappa shape index (κ2) is 4.76. The molecule has 5 heteroatoms. The Morgan fingerprint density at radius 1 is 1.39 bits per heavy atom. The number of nitrogens with two attached hydrogens (primary N) is 1. The highest BCUT2D eigenvalue weighted by molar-refractivity contribution is 5.93. The van der Waals surface area contributed by atoms with Gasteiger partial charge in [0.1, 0.15) is 11.6 Å². The maximum absolute atomic E-state index is 11.8. The van der Waals surface area contributed by atoms with Crippen molar-refractivity contribution in [1.82, 2.24) is 9.97 Å². The summed E-state index contributed by atoms with van der Waals surface area (Å²) in [6, 6.07) is 0. The van der Waals surface area contributed by atoms with Crippen molar-refractivity contribution in [2.45, 2.75) is 32.6 Å². The molecular formula is C13H17N3O2. The Bertz CT molecular complexity index is 515. The summed E-state index contributed by atoms with van der Waals surface area (Å²) in [6.45, 7) is 3.85. The molecular weight excluding hydrogens is 230 g/mol. The second-order valence-corrected chi connectivity index (χ2v) is 4.72. The zero-order valence-corrected chi connectivity index (χ0v) is 10.9. The first-order valence-corrected chi connectivity index (χ1v) is 5.93. The lowest BCUT2D eigenvalue weighted by molar-refractivity contribution is 0.0593. The second-order valence-electron chi connectivity index (χ2n) is 4.72. The predicted molar refractivity (Wildman–Crippen MR) is 69.1 cm³/mol. The van der Waals surface area contributed by atoms with Gasteiger partial charge in [-0.25, -0.2) is 14.8 Å². The van der Waals surface area contributed by atoms with Crippen LogP contribution in [0.4, 0.5) is 5.82 Å². The topological polar surface area (TPSA) is 78.1 Å². The number of esters is 1. The van der Waals surface area contributed by atoms with Gasteiger partial charge in [-0.05, 0) is 26.7 Å². The van der Waals surface area contributed by atoms with E-state index >= 15 is 0 Å². The fourth-order valence-corrected chi connectivity index (χ4v) is 1.71. The number of hydrogen-bond acceptors (Lipinski definition) is 5. The van der Waals surface area contributed by atoms with Crippen LogP contribution in [0.3, 0.4) is 0 Å². The lowest BCUT2D eigenvalue weighted by atomic mass is 10.1.